The van der Waals surface area contributed by atoms with Crippen molar-refractivity contribution in [3.05, 3.63) is 52.0 Å². The van der Waals surface area contributed by atoms with Crippen molar-refractivity contribution in [1.29, 1.82) is 0 Å². The van der Waals surface area contributed by atoms with Gasteiger partial charge in [0, 0.05) is 29.2 Å². The van der Waals surface area contributed by atoms with Crippen molar-refractivity contribution in [2.45, 2.75) is 36.7 Å². The molecule has 2 aromatic rings. The Hall–Kier alpha value is -2.13. The van der Waals surface area contributed by atoms with Crippen LogP contribution < -0.4 is 19.9 Å². The van der Waals surface area contributed by atoms with E-state index in [1.807, 2.05) is 4.90 Å². The molecule has 218 valence electrons. The Bertz CT molecular complexity index is 1230. The van der Waals surface area contributed by atoms with Crippen molar-refractivity contribution in [3.8, 4) is 11.5 Å². The van der Waals surface area contributed by atoms with Crippen LogP contribution in [0.4, 0.5) is 13.2 Å². The van der Waals surface area contributed by atoms with Gasteiger partial charge in [-0.1, -0.05) is 11.6 Å². The van der Waals surface area contributed by atoms with Crippen LogP contribution in [0, 0.1) is 6.92 Å². The van der Waals surface area contributed by atoms with Crippen molar-refractivity contribution in [3.63, 3.8) is 0 Å². The number of likely N-dealkylation sites (N-methyl/N-ethyl adjacent to an activating group) is 1. The molecule has 1 aliphatic rings. The minimum atomic E-state index is -4.87. The highest BCUT2D eigenvalue weighted by atomic mass is 35.5. The van der Waals surface area contributed by atoms with Crippen LogP contribution in [0.15, 0.2) is 35.2 Å². The number of alkyl halides is 3. The maximum absolute atomic E-state index is 13.0. The summed E-state index contributed by atoms with van der Waals surface area (Å²) in [6, 6.07) is 6.79. The molecular weight excluding hydrogens is 563 g/mol. The highest BCUT2D eigenvalue weighted by Gasteiger charge is 2.41. The third-order valence-corrected chi connectivity index (χ3v) is 7.73. The molecule has 2 atom stereocenters. The van der Waals surface area contributed by atoms with Crippen molar-refractivity contribution in [2.24, 2.45) is 5.73 Å². The zero-order chi connectivity index (χ0) is 28.8. The second-order valence-electron chi connectivity index (χ2n) is 9.13. The van der Waals surface area contributed by atoms with E-state index in [1.165, 1.54) is 18.2 Å². The Morgan fingerprint density at radius 2 is 1.77 bits per heavy atom. The predicted molar refractivity (Wildman–Crippen MR) is 140 cm³/mol. The number of nitrogens with two attached hydrogens (primary N) is 1. The molecule has 0 spiro atoms. The number of aryl methyl sites for hydroxylation is 1. The Morgan fingerprint density at radius 1 is 1.08 bits per heavy atom. The number of ether oxygens (including phenoxy) is 4. The molecule has 9 nitrogen and oxygen atoms in total. The Kier molecular flexibility index (Phi) is 10.9. The summed E-state index contributed by atoms with van der Waals surface area (Å²) in [4.78, 5) is 1.89. The first-order valence-corrected chi connectivity index (χ1v) is 14.1. The van der Waals surface area contributed by atoms with Crippen LogP contribution in [0.5, 0.6) is 11.5 Å². The standard InChI is InChI=1S/C25H33ClF3N3O6S/c1-16-12-18(39(33,34)31-7-9-36-11-10-35-8-6-30)4-5-22(16)37-24-20-13-17(26)14-23(38-25(27,28)29)19(20)15-21(24)32(2)3/h4-5,12-14,21,24,31H,6-11,15,30H2,1-3H3/t21-,24-/m0/s1. The lowest BCUT2D eigenvalue weighted by Gasteiger charge is -2.28. The van der Waals surface area contributed by atoms with Crippen LogP contribution in [0.1, 0.15) is 22.8 Å². The van der Waals surface area contributed by atoms with E-state index in [4.69, 9.17) is 31.5 Å². The number of sulfonamides is 1. The molecule has 39 heavy (non-hydrogen) atoms. The van der Waals surface area contributed by atoms with Gasteiger partial charge in [0.05, 0.1) is 37.4 Å². The second-order valence-corrected chi connectivity index (χ2v) is 11.3. The highest BCUT2D eigenvalue weighted by Crippen LogP contribution is 2.44. The molecule has 0 aliphatic heterocycles. The average Bonchev–Trinajstić information content (AvgIpc) is 3.19. The first kappa shape index (κ1) is 31.4. The van der Waals surface area contributed by atoms with E-state index in [0.29, 0.717) is 48.8 Å². The van der Waals surface area contributed by atoms with Gasteiger partial charge in [-0.2, -0.15) is 0 Å². The fourth-order valence-electron chi connectivity index (χ4n) is 4.23. The quantitative estimate of drug-likeness (QED) is 0.320. The minimum absolute atomic E-state index is 0.0403. The number of halogens is 4. The van der Waals surface area contributed by atoms with E-state index in [-0.39, 0.29) is 41.3 Å². The van der Waals surface area contributed by atoms with E-state index in [1.54, 1.807) is 27.1 Å². The van der Waals surface area contributed by atoms with Crippen LogP contribution in [0.3, 0.4) is 0 Å². The summed E-state index contributed by atoms with van der Waals surface area (Å²) in [5.74, 6) is 0.0250. The second kappa shape index (κ2) is 13.5. The lowest BCUT2D eigenvalue weighted by atomic mass is 10.1. The van der Waals surface area contributed by atoms with Gasteiger partial charge in [0.1, 0.15) is 17.6 Å². The van der Waals surface area contributed by atoms with Gasteiger partial charge in [-0.15, -0.1) is 13.2 Å². The molecular formula is C25H33ClF3N3O6S. The van der Waals surface area contributed by atoms with Gasteiger partial charge >= 0.3 is 6.36 Å². The number of benzene rings is 2. The van der Waals surface area contributed by atoms with E-state index < -0.39 is 22.5 Å². The molecule has 0 unspecified atom stereocenters. The zero-order valence-electron chi connectivity index (χ0n) is 21.9. The maximum Gasteiger partial charge on any atom is 0.573 e. The Balaban J connectivity index is 1.73. The summed E-state index contributed by atoms with van der Waals surface area (Å²) in [5, 5.41) is 0.0808. The summed E-state index contributed by atoms with van der Waals surface area (Å²) < 4.78 is 88.1. The van der Waals surface area contributed by atoms with Gasteiger partial charge in [-0.05, 0) is 63.3 Å². The third-order valence-electron chi connectivity index (χ3n) is 6.05. The number of nitrogens with zero attached hydrogens (tertiary/aromatic N) is 1. The first-order valence-electron chi connectivity index (χ1n) is 12.2. The number of nitrogens with one attached hydrogen (secondary N) is 1. The highest BCUT2D eigenvalue weighted by molar-refractivity contribution is 7.89. The minimum Gasteiger partial charge on any atom is -0.484 e. The van der Waals surface area contributed by atoms with E-state index in [9.17, 15) is 21.6 Å². The predicted octanol–water partition coefficient (Wildman–Crippen LogP) is 3.42. The Labute approximate surface area is 231 Å². The normalized spacial score (nSPS) is 17.5. The molecule has 3 N–H and O–H groups in total. The molecule has 0 bridgehead atoms. The third kappa shape index (κ3) is 8.68. The van der Waals surface area contributed by atoms with Gasteiger partial charge in [-0.3, -0.25) is 0 Å². The molecule has 0 radical (unpaired) electrons. The lowest BCUT2D eigenvalue weighted by Crippen LogP contribution is -2.34. The average molecular weight is 596 g/mol. The smallest absolute Gasteiger partial charge is 0.484 e. The van der Waals surface area contributed by atoms with Crippen LogP contribution in [-0.2, 0) is 25.9 Å². The summed E-state index contributed by atoms with van der Waals surface area (Å²) in [6.07, 6.45) is -5.30. The molecule has 1 aliphatic carbocycles. The van der Waals surface area contributed by atoms with Gasteiger partial charge in [0.25, 0.3) is 0 Å². The monoisotopic (exact) mass is 595 g/mol. The molecule has 14 heteroatoms. The summed E-state index contributed by atoms with van der Waals surface area (Å²) >= 11 is 6.14. The topological polar surface area (TPSA) is 112 Å². The van der Waals surface area contributed by atoms with E-state index in [0.717, 1.165) is 6.07 Å². The van der Waals surface area contributed by atoms with Gasteiger partial charge in [0.2, 0.25) is 10.0 Å². The van der Waals surface area contributed by atoms with Crippen molar-refractivity contribution in [1.82, 2.24) is 9.62 Å². The summed E-state index contributed by atoms with van der Waals surface area (Å²) in [5.41, 5.74) is 6.69. The van der Waals surface area contributed by atoms with Crippen LogP contribution in [0.25, 0.3) is 0 Å². The van der Waals surface area contributed by atoms with Crippen molar-refractivity contribution >= 4 is 21.6 Å². The number of hydrogen-bond donors (Lipinski definition) is 2. The number of rotatable bonds is 14. The fraction of sp³-hybridized carbons (Fsp3) is 0.520. The van der Waals surface area contributed by atoms with E-state index in [2.05, 4.69) is 9.46 Å². The summed E-state index contributed by atoms with van der Waals surface area (Å²) in [6.45, 7) is 3.46. The molecule has 0 aromatic heterocycles. The largest absolute Gasteiger partial charge is 0.573 e. The molecule has 2 aromatic carbocycles. The molecule has 0 amide bonds. The van der Waals surface area contributed by atoms with Gasteiger partial charge < -0.3 is 29.6 Å². The van der Waals surface area contributed by atoms with Gasteiger partial charge in [0.15, 0.2) is 0 Å². The molecule has 0 saturated carbocycles. The fourth-order valence-corrected chi connectivity index (χ4v) is 5.55. The van der Waals surface area contributed by atoms with Crippen molar-refractivity contribution < 1.29 is 40.5 Å². The molecule has 0 saturated heterocycles. The molecule has 0 heterocycles. The van der Waals surface area contributed by atoms with Gasteiger partial charge in [-0.25, -0.2) is 13.1 Å². The molecule has 0 fully saturated rings. The number of hydrogen-bond acceptors (Lipinski definition) is 8. The van der Waals surface area contributed by atoms with Crippen LogP contribution in [-0.4, -0.2) is 79.3 Å². The van der Waals surface area contributed by atoms with Crippen molar-refractivity contribution in [2.75, 3.05) is 53.6 Å². The molecule has 3 rings (SSSR count). The number of fused-ring (bicyclic) bond motifs is 1. The lowest BCUT2D eigenvalue weighted by molar-refractivity contribution is -0.274. The van der Waals surface area contributed by atoms with Crippen LogP contribution in [0.2, 0.25) is 5.02 Å². The van der Waals surface area contributed by atoms with Crippen LogP contribution >= 0.6 is 11.6 Å². The SMILES string of the molecule is Cc1cc(S(=O)(=O)NCCOCCOCCN)ccc1O[C@H]1c2cc(Cl)cc(OC(F)(F)F)c2C[C@@H]1N(C)C. The maximum atomic E-state index is 13.0. The summed E-state index contributed by atoms with van der Waals surface area (Å²) in [7, 11) is -0.221. The first-order chi connectivity index (χ1) is 18.3. The Morgan fingerprint density at radius 3 is 2.38 bits per heavy atom. The zero-order valence-corrected chi connectivity index (χ0v) is 23.5. The van der Waals surface area contributed by atoms with E-state index >= 15 is 0 Å².